The van der Waals surface area contributed by atoms with Gasteiger partial charge in [0.1, 0.15) is 5.82 Å². The Morgan fingerprint density at radius 3 is 2.21 bits per heavy atom. The number of benzene rings is 1. The molecule has 1 N–H and O–H groups in total. The quantitative estimate of drug-likeness (QED) is 0.796. The normalized spacial score (nSPS) is 18.8. The molecule has 2 aliphatic rings. The maximum absolute atomic E-state index is 4.81. The highest BCUT2D eigenvalue weighted by Crippen LogP contribution is 2.26. The van der Waals surface area contributed by atoms with Gasteiger partial charge in [0, 0.05) is 49.3 Å². The second-order valence-corrected chi connectivity index (χ2v) is 8.43. The molecule has 0 bridgehead atoms. The van der Waals surface area contributed by atoms with Crippen LogP contribution in [0.2, 0.25) is 0 Å². The molecule has 1 aromatic carbocycles. The van der Waals surface area contributed by atoms with Gasteiger partial charge < -0.3 is 15.1 Å². The molecule has 150 valence electrons. The van der Waals surface area contributed by atoms with E-state index >= 15 is 0 Å². The molecule has 2 aromatic rings. The van der Waals surface area contributed by atoms with Crippen molar-refractivity contribution in [2.24, 2.45) is 5.92 Å². The molecule has 2 fully saturated rings. The van der Waals surface area contributed by atoms with Crippen molar-refractivity contribution in [2.45, 2.75) is 52.4 Å². The molecule has 0 aliphatic carbocycles. The predicted octanol–water partition coefficient (Wildman–Crippen LogP) is 5.15. The zero-order valence-electron chi connectivity index (χ0n) is 17.3. The maximum atomic E-state index is 4.81. The van der Waals surface area contributed by atoms with Gasteiger partial charge in [-0.15, -0.1) is 0 Å². The molecule has 0 atom stereocenters. The lowest BCUT2D eigenvalue weighted by atomic mass is 9.99. The Kier molecular flexibility index (Phi) is 5.98. The lowest BCUT2D eigenvalue weighted by Gasteiger charge is -2.32. The van der Waals surface area contributed by atoms with Gasteiger partial charge in [-0.05, 0) is 62.8 Å². The molecule has 3 heterocycles. The van der Waals surface area contributed by atoms with E-state index in [-0.39, 0.29) is 0 Å². The fourth-order valence-electron chi connectivity index (χ4n) is 4.22. The number of piperidine rings is 1. The zero-order valence-corrected chi connectivity index (χ0v) is 17.3. The van der Waals surface area contributed by atoms with Gasteiger partial charge in [-0.1, -0.05) is 19.8 Å². The number of aryl methyl sites for hydroxylation is 1. The highest BCUT2D eigenvalue weighted by molar-refractivity contribution is 5.60. The van der Waals surface area contributed by atoms with Crippen LogP contribution in [0, 0.1) is 12.8 Å². The molecular formula is C23H33N5. The largest absolute Gasteiger partial charge is 0.372 e. The molecule has 1 aromatic heterocycles. The minimum Gasteiger partial charge on any atom is -0.372 e. The Morgan fingerprint density at radius 1 is 0.857 bits per heavy atom. The van der Waals surface area contributed by atoms with E-state index in [1.54, 1.807) is 0 Å². The third-order valence-corrected chi connectivity index (χ3v) is 6.04. The lowest BCUT2D eigenvalue weighted by molar-refractivity contribution is 0.438. The standard InChI is InChI=1S/C23H33N5/c1-18-11-15-27(16-12-18)21-9-7-20(8-10-21)25-23-24-19(2)17-22(26-23)28-13-5-3-4-6-14-28/h7-10,17-18H,3-6,11-16H2,1-2H3,(H,24,25,26). The van der Waals surface area contributed by atoms with Crippen LogP contribution in [0.1, 0.15) is 51.1 Å². The van der Waals surface area contributed by atoms with Gasteiger partial charge in [0.15, 0.2) is 0 Å². The van der Waals surface area contributed by atoms with Crippen LogP contribution in [0.5, 0.6) is 0 Å². The first kappa shape index (κ1) is 19.0. The molecule has 2 saturated heterocycles. The number of hydrogen-bond acceptors (Lipinski definition) is 5. The number of nitrogens with one attached hydrogen (secondary N) is 1. The highest BCUT2D eigenvalue weighted by Gasteiger charge is 2.16. The van der Waals surface area contributed by atoms with E-state index in [1.807, 2.05) is 0 Å². The summed E-state index contributed by atoms with van der Waals surface area (Å²) in [4.78, 5) is 14.3. The summed E-state index contributed by atoms with van der Waals surface area (Å²) in [5.41, 5.74) is 3.37. The smallest absolute Gasteiger partial charge is 0.229 e. The fraction of sp³-hybridized carbons (Fsp3) is 0.565. The topological polar surface area (TPSA) is 44.3 Å². The first-order chi connectivity index (χ1) is 13.7. The van der Waals surface area contributed by atoms with Crippen molar-refractivity contribution < 1.29 is 0 Å². The Labute approximate surface area is 169 Å². The Bertz CT molecular complexity index is 757. The minimum atomic E-state index is 0.693. The van der Waals surface area contributed by atoms with Crippen LogP contribution in [0.3, 0.4) is 0 Å². The van der Waals surface area contributed by atoms with Gasteiger partial charge in [0.25, 0.3) is 0 Å². The second kappa shape index (κ2) is 8.80. The molecule has 0 unspecified atom stereocenters. The molecule has 4 rings (SSSR count). The van der Waals surface area contributed by atoms with Crippen molar-refractivity contribution >= 4 is 23.1 Å². The van der Waals surface area contributed by atoms with Gasteiger partial charge in [0.2, 0.25) is 5.95 Å². The minimum absolute atomic E-state index is 0.693. The summed E-state index contributed by atoms with van der Waals surface area (Å²) in [5.74, 6) is 2.60. The lowest BCUT2D eigenvalue weighted by Crippen LogP contribution is -2.32. The summed E-state index contributed by atoms with van der Waals surface area (Å²) in [6.45, 7) is 8.92. The predicted molar refractivity (Wildman–Crippen MR) is 118 cm³/mol. The van der Waals surface area contributed by atoms with Crippen molar-refractivity contribution in [3.05, 3.63) is 36.0 Å². The first-order valence-electron chi connectivity index (χ1n) is 10.9. The summed E-state index contributed by atoms with van der Waals surface area (Å²) in [5, 5.41) is 3.41. The Morgan fingerprint density at radius 2 is 1.54 bits per heavy atom. The van der Waals surface area contributed by atoms with E-state index in [9.17, 15) is 0 Å². The average Bonchev–Trinajstić information content (AvgIpc) is 2.98. The van der Waals surface area contributed by atoms with Gasteiger partial charge in [0.05, 0.1) is 0 Å². The van der Waals surface area contributed by atoms with E-state index < -0.39 is 0 Å². The highest BCUT2D eigenvalue weighted by atomic mass is 15.2. The zero-order chi connectivity index (χ0) is 19.3. The van der Waals surface area contributed by atoms with Gasteiger partial charge in [-0.3, -0.25) is 0 Å². The number of hydrogen-bond donors (Lipinski definition) is 1. The third-order valence-electron chi connectivity index (χ3n) is 6.04. The van der Waals surface area contributed by atoms with Crippen LogP contribution in [0.4, 0.5) is 23.1 Å². The second-order valence-electron chi connectivity index (χ2n) is 8.43. The van der Waals surface area contributed by atoms with Crippen molar-refractivity contribution in [3.63, 3.8) is 0 Å². The van der Waals surface area contributed by atoms with E-state index in [2.05, 4.69) is 64.3 Å². The number of anilines is 4. The molecule has 28 heavy (non-hydrogen) atoms. The van der Waals surface area contributed by atoms with Crippen LogP contribution in [0.25, 0.3) is 0 Å². The van der Waals surface area contributed by atoms with Crippen LogP contribution >= 0.6 is 0 Å². The summed E-state index contributed by atoms with van der Waals surface area (Å²) >= 11 is 0. The van der Waals surface area contributed by atoms with E-state index in [0.717, 1.165) is 49.3 Å². The van der Waals surface area contributed by atoms with Gasteiger partial charge >= 0.3 is 0 Å². The Balaban J connectivity index is 1.45. The summed E-state index contributed by atoms with van der Waals surface area (Å²) in [7, 11) is 0. The molecule has 0 radical (unpaired) electrons. The molecule has 0 amide bonds. The average molecular weight is 380 g/mol. The molecule has 5 heteroatoms. The van der Waals surface area contributed by atoms with Crippen LogP contribution in [-0.4, -0.2) is 36.1 Å². The summed E-state index contributed by atoms with van der Waals surface area (Å²) < 4.78 is 0. The third kappa shape index (κ3) is 4.75. The molecule has 5 nitrogen and oxygen atoms in total. The van der Waals surface area contributed by atoms with Crippen LogP contribution < -0.4 is 15.1 Å². The van der Waals surface area contributed by atoms with Crippen LogP contribution in [-0.2, 0) is 0 Å². The molecular weight excluding hydrogens is 346 g/mol. The Hall–Kier alpha value is -2.30. The van der Waals surface area contributed by atoms with Crippen molar-refractivity contribution in [2.75, 3.05) is 41.3 Å². The SMILES string of the molecule is Cc1cc(N2CCCCCC2)nc(Nc2ccc(N3CCC(C)CC3)cc2)n1. The van der Waals surface area contributed by atoms with Crippen molar-refractivity contribution in [1.29, 1.82) is 0 Å². The fourth-order valence-corrected chi connectivity index (χ4v) is 4.22. The van der Waals surface area contributed by atoms with Crippen LogP contribution in [0.15, 0.2) is 30.3 Å². The van der Waals surface area contributed by atoms with Crippen molar-refractivity contribution in [3.8, 4) is 0 Å². The maximum Gasteiger partial charge on any atom is 0.229 e. The first-order valence-corrected chi connectivity index (χ1v) is 10.9. The summed E-state index contributed by atoms with van der Waals surface area (Å²) in [6, 6.07) is 10.8. The number of nitrogens with zero attached hydrogens (tertiary/aromatic N) is 4. The van der Waals surface area contributed by atoms with Gasteiger partial charge in [-0.25, -0.2) is 4.98 Å². The number of aromatic nitrogens is 2. The molecule has 0 spiro atoms. The van der Waals surface area contributed by atoms with E-state index in [0.29, 0.717) is 5.95 Å². The summed E-state index contributed by atoms with van der Waals surface area (Å²) in [6.07, 6.45) is 7.74. The molecule has 2 aliphatic heterocycles. The molecule has 0 saturated carbocycles. The van der Waals surface area contributed by atoms with Gasteiger partial charge in [-0.2, -0.15) is 4.98 Å². The van der Waals surface area contributed by atoms with E-state index in [1.165, 1.54) is 44.2 Å². The monoisotopic (exact) mass is 379 g/mol. The number of rotatable bonds is 4. The van der Waals surface area contributed by atoms with E-state index in [4.69, 9.17) is 4.98 Å². The van der Waals surface area contributed by atoms with Crippen molar-refractivity contribution in [1.82, 2.24) is 9.97 Å².